The minimum atomic E-state index is -2.71. The zero-order chi connectivity index (χ0) is 10.9. The number of fused-ring (bicyclic) bond motifs is 5. The molecule has 3 saturated carbocycles. The number of hydrogen-bond acceptors (Lipinski definition) is 3. The predicted molar refractivity (Wildman–Crippen MR) is 61.8 cm³/mol. The van der Waals surface area contributed by atoms with Crippen LogP contribution in [-0.4, -0.2) is 32.0 Å². The highest BCUT2D eigenvalue weighted by Crippen LogP contribution is 2.65. The number of rotatable bonds is 2. The van der Waals surface area contributed by atoms with E-state index >= 15 is 0 Å². The van der Waals surface area contributed by atoms with Gasteiger partial charge in [0.15, 0.2) is 9.84 Å². The molecule has 0 amide bonds. The zero-order valence-electron chi connectivity index (χ0n) is 9.43. The van der Waals surface area contributed by atoms with Gasteiger partial charge >= 0.3 is 0 Å². The molecule has 3 nitrogen and oxygen atoms in total. The van der Waals surface area contributed by atoms with E-state index in [1.54, 1.807) is 0 Å². The van der Waals surface area contributed by atoms with Crippen LogP contribution in [0.2, 0.25) is 0 Å². The highest BCUT2D eigenvalue weighted by Gasteiger charge is 2.65. The highest BCUT2D eigenvalue weighted by atomic mass is 32.2. The van der Waals surface area contributed by atoms with E-state index in [1.165, 1.54) is 19.3 Å². The first-order chi connectivity index (χ1) is 7.64. The van der Waals surface area contributed by atoms with E-state index in [0.717, 1.165) is 30.1 Å². The summed E-state index contributed by atoms with van der Waals surface area (Å²) < 4.78 is 22.8. The molecule has 0 aromatic heterocycles. The quantitative estimate of drug-likeness (QED) is 0.778. The largest absolute Gasteiger partial charge is 0.310 e. The average molecular weight is 241 g/mol. The molecule has 5 unspecified atom stereocenters. The zero-order valence-corrected chi connectivity index (χ0v) is 10.2. The SMILES string of the molecule is O=S1(=O)CCC(NC2C3C4CCC(C4)C23)C1. The van der Waals surface area contributed by atoms with Gasteiger partial charge in [0.2, 0.25) is 0 Å². The first kappa shape index (κ1) is 9.89. The van der Waals surface area contributed by atoms with Gasteiger partial charge in [-0.25, -0.2) is 8.42 Å². The third kappa shape index (κ3) is 1.32. The monoisotopic (exact) mass is 241 g/mol. The normalized spacial score (nSPS) is 56.5. The van der Waals surface area contributed by atoms with Gasteiger partial charge < -0.3 is 5.32 Å². The highest BCUT2D eigenvalue weighted by molar-refractivity contribution is 7.91. The standard InChI is InChI=1S/C12H19NO2S/c14-16(15)4-3-9(6-16)13-12-10-7-1-2-8(5-7)11(10)12/h7-13H,1-6H2. The number of hydrogen-bond donors (Lipinski definition) is 1. The van der Waals surface area contributed by atoms with Crippen molar-refractivity contribution in [2.75, 3.05) is 11.5 Å². The summed E-state index contributed by atoms with van der Waals surface area (Å²) in [4.78, 5) is 0. The van der Waals surface area contributed by atoms with Crippen LogP contribution in [-0.2, 0) is 9.84 Å². The first-order valence-electron chi connectivity index (χ1n) is 6.60. The Bertz CT molecular complexity index is 403. The topological polar surface area (TPSA) is 46.2 Å². The Morgan fingerprint density at radius 2 is 1.69 bits per heavy atom. The third-order valence-corrected chi connectivity index (χ3v) is 7.16. The molecule has 0 radical (unpaired) electrons. The lowest BCUT2D eigenvalue weighted by atomic mass is 10.0. The third-order valence-electron chi connectivity index (χ3n) is 5.40. The minimum Gasteiger partial charge on any atom is -0.310 e. The summed E-state index contributed by atoms with van der Waals surface area (Å²) in [6.45, 7) is 0. The maximum atomic E-state index is 11.4. The minimum absolute atomic E-state index is 0.264. The van der Waals surface area contributed by atoms with Crippen molar-refractivity contribution in [1.29, 1.82) is 0 Å². The fraction of sp³-hybridized carbons (Fsp3) is 1.00. The van der Waals surface area contributed by atoms with Crippen molar-refractivity contribution in [1.82, 2.24) is 5.32 Å². The van der Waals surface area contributed by atoms with Crippen LogP contribution >= 0.6 is 0 Å². The van der Waals surface area contributed by atoms with Gasteiger partial charge in [0, 0.05) is 12.1 Å². The molecule has 1 saturated heterocycles. The van der Waals surface area contributed by atoms with Crippen LogP contribution < -0.4 is 5.32 Å². The van der Waals surface area contributed by atoms with Crippen molar-refractivity contribution in [2.45, 2.75) is 37.8 Å². The van der Waals surface area contributed by atoms with E-state index in [1.807, 2.05) is 0 Å². The summed E-state index contributed by atoms with van der Waals surface area (Å²) >= 11 is 0. The van der Waals surface area contributed by atoms with E-state index in [9.17, 15) is 8.42 Å². The van der Waals surface area contributed by atoms with Crippen molar-refractivity contribution in [3.63, 3.8) is 0 Å². The Morgan fingerprint density at radius 3 is 2.25 bits per heavy atom. The second kappa shape index (κ2) is 3.02. The Kier molecular flexibility index (Phi) is 1.87. The van der Waals surface area contributed by atoms with Crippen molar-refractivity contribution in [2.24, 2.45) is 23.7 Å². The molecule has 0 aromatic rings. The van der Waals surface area contributed by atoms with Crippen molar-refractivity contribution < 1.29 is 8.42 Å². The van der Waals surface area contributed by atoms with Crippen LogP contribution in [0, 0.1) is 23.7 Å². The average Bonchev–Trinajstić information content (AvgIpc) is 2.63. The molecule has 0 aromatic carbocycles. The van der Waals surface area contributed by atoms with Crippen molar-refractivity contribution in [3.05, 3.63) is 0 Å². The molecule has 16 heavy (non-hydrogen) atoms. The van der Waals surface area contributed by atoms with Crippen LogP contribution in [0.3, 0.4) is 0 Å². The summed E-state index contributed by atoms with van der Waals surface area (Å²) in [7, 11) is -2.71. The van der Waals surface area contributed by atoms with Gasteiger partial charge in [0.05, 0.1) is 11.5 Å². The second-order valence-corrected chi connectivity index (χ2v) is 8.51. The molecule has 3 aliphatic carbocycles. The molecule has 2 bridgehead atoms. The van der Waals surface area contributed by atoms with E-state index in [4.69, 9.17) is 0 Å². The van der Waals surface area contributed by atoms with Gasteiger partial charge in [-0.3, -0.25) is 0 Å². The predicted octanol–water partition coefficient (Wildman–Crippen LogP) is 0.808. The molecule has 4 rings (SSSR count). The lowest BCUT2D eigenvalue weighted by Gasteiger charge is -2.14. The van der Waals surface area contributed by atoms with Gasteiger partial charge in [0.25, 0.3) is 0 Å². The maximum absolute atomic E-state index is 11.4. The Balaban J connectivity index is 1.41. The van der Waals surface area contributed by atoms with Crippen molar-refractivity contribution >= 4 is 9.84 Å². The van der Waals surface area contributed by atoms with Gasteiger partial charge in [-0.15, -0.1) is 0 Å². The number of nitrogens with one attached hydrogen (secondary N) is 1. The Labute approximate surface area is 96.9 Å². The van der Waals surface area contributed by atoms with Gasteiger partial charge in [-0.1, -0.05) is 0 Å². The van der Waals surface area contributed by atoms with Gasteiger partial charge in [-0.05, 0) is 49.4 Å². The molecule has 5 atom stereocenters. The molecule has 4 fully saturated rings. The molecule has 1 aliphatic heterocycles. The summed E-state index contributed by atoms with van der Waals surface area (Å²) in [5, 5.41) is 3.63. The number of sulfone groups is 1. The summed E-state index contributed by atoms with van der Waals surface area (Å²) in [6, 6.07) is 0.949. The van der Waals surface area contributed by atoms with Crippen LogP contribution in [0.5, 0.6) is 0 Å². The molecule has 1 heterocycles. The van der Waals surface area contributed by atoms with E-state index in [2.05, 4.69) is 5.32 Å². The summed E-state index contributed by atoms with van der Waals surface area (Å²) in [5.74, 6) is 4.58. The van der Waals surface area contributed by atoms with Crippen LogP contribution in [0.15, 0.2) is 0 Å². The fourth-order valence-electron chi connectivity index (χ4n) is 4.75. The van der Waals surface area contributed by atoms with Gasteiger partial charge in [-0.2, -0.15) is 0 Å². The molecule has 0 spiro atoms. The Morgan fingerprint density at radius 1 is 1.00 bits per heavy atom. The lowest BCUT2D eigenvalue weighted by Crippen LogP contribution is -2.35. The maximum Gasteiger partial charge on any atom is 0.151 e. The van der Waals surface area contributed by atoms with Crippen LogP contribution in [0.1, 0.15) is 25.7 Å². The van der Waals surface area contributed by atoms with Crippen LogP contribution in [0.4, 0.5) is 0 Å². The molecule has 4 heteroatoms. The summed E-state index contributed by atoms with van der Waals surface area (Å²) in [5.41, 5.74) is 0. The molecular formula is C12H19NO2S. The van der Waals surface area contributed by atoms with Gasteiger partial charge in [0.1, 0.15) is 0 Å². The molecule has 90 valence electrons. The molecule has 4 aliphatic rings. The smallest absolute Gasteiger partial charge is 0.151 e. The van der Waals surface area contributed by atoms with Crippen LogP contribution in [0.25, 0.3) is 0 Å². The van der Waals surface area contributed by atoms with E-state index in [0.29, 0.717) is 17.5 Å². The summed E-state index contributed by atoms with van der Waals surface area (Å²) in [6.07, 6.45) is 5.18. The molecule has 1 N–H and O–H groups in total. The lowest BCUT2D eigenvalue weighted by molar-refractivity contribution is 0.430. The Hall–Kier alpha value is -0.0900. The van der Waals surface area contributed by atoms with E-state index in [-0.39, 0.29) is 6.04 Å². The van der Waals surface area contributed by atoms with Crippen molar-refractivity contribution in [3.8, 4) is 0 Å². The fourth-order valence-corrected chi connectivity index (χ4v) is 6.43. The first-order valence-corrected chi connectivity index (χ1v) is 8.43. The second-order valence-electron chi connectivity index (χ2n) is 6.28. The molecular weight excluding hydrogens is 222 g/mol. The van der Waals surface area contributed by atoms with E-state index < -0.39 is 9.84 Å².